The summed E-state index contributed by atoms with van der Waals surface area (Å²) in [5.74, 6) is 0.138. The lowest BCUT2D eigenvalue weighted by atomic mass is 10.0. The normalized spacial score (nSPS) is 16.3. The molecule has 1 fully saturated rings. The van der Waals surface area contributed by atoms with Gasteiger partial charge in [-0.05, 0) is 49.6 Å². The minimum Gasteiger partial charge on any atom is -0.360 e. The first kappa shape index (κ1) is 18.5. The van der Waals surface area contributed by atoms with Gasteiger partial charge in [-0.1, -0.05) is 36.4 Å². The zero-order valence-electron chi connectivity index (χ0n) is 16.1. The highest BCUT2D eigenvalue weighted by atomic mass is 16.2. The van der Waals surface area contributed by atoms with Gasteiger partial charge in [-0.15, -0.1) is 0 Å². The lowest BCUT2D eigenvalue weighted by Crippen LogP contribution is -3.15. The van der Waals surface area contributed by atoms with E-state index in [1.807, 2.05) is 6.07 Å². The van der Waals surface area contributed by atoms with Crippen LogP contribution in [0.1, 0.15) is 29.7 Å². The van der Waals surface area contributed by atoms with Gasteiger partial charge in [-0.2, -0.15) is 0 Å². The number of piperazine rings is 1. The highest BCUT2D eigenvalue weighted by molar-refractivity contribution is 5.77. The maximum absolute atomic E-state index is 12.5. The van der Waals surface area contributed by atoms with Crippen molar-refractivity contribution in [2.24, 2.45) is 0 Å². The summed E-state index contributed by atoms with van der Waals surface area (Å²) in [6, 6.07) is 17.0. The minimum atomic E-state index is 0.0480. The van der Waals surface area contributed by atoms with Gasteiger partial charge in [0.05, 0.1) is 32.2 Å². The van der Waals surface area contributed by atoms with Crippen LogP contribution >= 0.6 is 0 Å². The number of quaternary nitrogens is 1. The van der Waals surface area contributed by atoms with E-state index < -0.39 is 0 Å². The van der Waals surface area contributed by atoms with Crippen molar-refractivity contribution in [2.75, 3.05) is 37.6 Å². The lowest BCUT2D eigenvalue weighted by molar-refractivity contribution is -0.892. The second-order valence-corrected chi connectivity index (χ2v) is 7.38. The quantitative estimate of drug-likeness (QED) is 0.862. The number of hydrogen-bond acceptors (Lipinski definition) is 2. The van der Waals surface area contributed by atoms with Gasteiger partial charge in [0, 0.05) is 5.69 Å². The number of hydrogen-bond donors (Lipinski definition) is 2. The molecule has 0 saturated carbocycles. The third-order valence-corrected chi connectivity index (χ3v) is 5.41. The summed E-state index contributed by atoms with van der Waals surface area (Å²) < 4.78 is 0. The van der Waals surface area contributed by atoms with Crippen LogP contribution in [0.15, 0.2) is 48.5 Å². The molecule has 138 valence electrons. The number of nitrogens with one attached hydrogen (secondary N) is 2. The van der Waals surface area contributed by atoms with E-state index in [0.717, 1.165) is 26.2 Å². The van der Waals surface area contributed by atoms with Crippen molar-refractivity contribution in [1.82, 2.24) is 5.32 Å². The topological polar surface area (TPSA) is 36.8 Å². The number of nitrogens with zero attached hydrogens (tertiary/aromatic N) is 1. The fourth-order valence-electron chi connectivity index (χ4n) is 3.53. The van der Waals surface area contributed by atoms with Crippen molar-refractivity contribution in [1.29, 1.82) is 0 Å². The van der Waals surface area contributed by atoms with Crippen molar-refractivity contribution < 1.29 is 9.69 Å². The molecular weight excluding hydrogens is 322 g/mol. The number of para-hydroxylation sites is 1. The fraction of sp³-hybridized carbons (Fsp3) is 0.409. The van der Waals surface area contributed by atoms with E-state index in [-0.39, 0.29) is 11.9 Å². The molecule has 1 heterocycles. The summed E-state index contributed by atoms with van der Waals surface area (Å²) in [6.45, 7) is 10.8. The van der Waals surface area contributed by atoms with Crippen LogP contribution in [0.5, 0.6) is 0 Å². The molecule has 2 aromatic carbocycles. The van der Waals surface area contributed by atoms with Gasteiger partial charge in [0.25, 0.3) is 5.91 Å². The van der Waals surface area contributed by atoms with Crippen molar-refractivity contribution in [3.8, 4) is 0 Å². The van der Waals surface area contributed by atoms with Crippen molar-refractivity contribution >= 4 is 11.6 Å². The van der Waals surface area contributed by atoms with Gasteiger partial charge in [0.1, 0.15) is 0 Å². The van der Waals surface area contributed by atoms with Crippen LogP contribution in [0.25, 0.3) is 0 Å². The molecule has 26 heavy (non-hydrogen) atoms. The van der Waals surface area contributed by atoms with Crippen LogP contribution in [-0.4, -0.2) is 38.6 Å². The second kappa shape index (κ2) is 8.37. The molecular formula is C22H30N3O+. The lowest BCUT2D eigenvalue weighted by Gasteiger charge is -2.33. The third kappa shape index (κ3) is 4.64. The Morgan fingerprint density at radius 1 is 1.08 bits per heavy atom. The molecule has 4 nitrogen and oxygen atoms in total. The van der Waals surface area contributed by atoms with E-state index in [1.54, 1.807) is 0 Å². The molecule has 1 atom stereocenters. The fourth-order valence-corrected chi connectivity index (χ4v) is 3.53. The van der Waals surface area contributed by atoms with Crippen LogP contribution in [0.4, 0.5) is 5.69 Å². The smallest absolute Gasteiger partial charge is 0.275 e. The Hall–Kier alpha value is -2.33. The molecule has 0 aliphatic carbocycles. The molecule has 0 aromatic heterocycles. The number of amides is 1. The van der Waals surface area contributed by atoms with E-state index in [4.69, 9.17) is 0 Å². The van der Waals surface area contributed by atoms with Crippen LogP contribution in [0.3, 0.4) is 0 Å². The molecule has 1 amide bonds. The maximum atomic E-state index is 12.5. The van der Waals surface area contributed by atoms with Gasteiger partial charge in [0.15, 0.2) is 6.54 Å². The summed E-state index contributed by atoms with van der Waals surface area (Å²) >= 11 is 0. The van der Waals surface area contributed by atoms with Gasteiger partial charge in [0.2, 0.25) is 0 Å². The Labute approximate surface area is 156 Å². The number of benzene rings is 2. The molecule has 0 spiro atoms. The molecule has 0 bridgehead atoms. The summed E-state index contributed by atoms with van der Waals surface area (Å²) in [4.78, 5) is 16.2. The van der Waals surface area contributed by atoms with Crippen molar-refractivity contribution in [2.45, 2.75) is 26.8 Å². The zero-order valence-corrected chi connectivity index (χ0v) is 16.1. The van der Waals surface area contributed by atoms with E-state index in [0.29, 0.717) is 6.54 Å². The molecule has 2 aromatic rings. The van der Waals surface area contributed by atoms with Crippen molar-refractivity contribution in [3.05, 3.63) is 65.2 Å². The van der Waals surface area contributed by atoms with E-state index >= 15 is 0 Å². The molecule has 2 N–H and O–H groups in total. The summed E-state index contributed by atoms with van der Waals surface area (Å²) in [5, 5.41) is 3.16. The Morgan fingerprint density at radius 3 is 2.42 bits per heavy atom. The van der Waals surface area contributed by atoms with Gasteiger partial charge < -0.3 is 15.1 Å². The summed E-state index contributed by atoms with van der Waals surface area (Å²) in [7, 11) is 0. The number of carbonyl (C=O) groups is 1. The standard InChI is InChI=1S/C22H29N3O/c1-17-9-10-20(15-18(17)2)19(3)23-22(26)16-24-11-13-25(14-12-24)21-7-5-4-6-8-21/h4-10,15,19H,11-14,16H2,1-3H3,(H,23,26)/p+1/t19-/m1/s1. The molecule has 1 saturated heterocycles. The number of rotatable bonds is 5. The Morgan fingerprint density at radius 2 is 1.77 bits per heavy atom. The summed E-state index contributed by atoms with van der Waals surface area (Å²) in [6.07, 6.45) is 0. The highest BCUT2D eigenvalue weighted by Crippen LogP contribution is 2.16. The van der Waals surface area contributed by atoms with E-state index in [2.05, 4.69) is 73.5 Å². The predicted molar refractivity (Wildman–Crippen MR) is 107 cm³/mol. The maximum Gasteiger partial charge on any atom is 0.275 e. The Bertz CT molecular complexity index is 736. The Balaban J connectivity index is 1.47. The zero-order chi connectivity index (χ0) is 18.5. The number of aryl methyl sites for hydroxylation is 2. The first-order valence-corrected chi connectivity index (χ1v) is 9.53. The average Bonchev–Trinajstić information content (AvgIpc) is 2.65. The SMILES string of the molecule is Cc1ccc([C@@H](C)NC(=O)C[NH+]2CCN(c3ccccc3)CC2)cc1C. The second-order valence-electron chi connectivity index (χ2n) is 7.38. The third-order valence-electron chi connectivity index (χ3n) is 5.41. The molecule has 0 unspecified atom stereocenters. The van der Waals surface area contributed by atoms with Crippen LogP contribution < -0.4 is 15.1 Å². The molecule has 4 heteroatoms. The number of carbonyl (C=O) groups excluding carboxylic acids is 1. The van der Waals surface area contributed by atoms with Crippen LogP contribution in [0.2, 0.25) is 0 Å². The first-order chi connectivity index (χ1) is 12.5. The Kier molecular flexibility index (Phi) is 5.94. The van der Waals surface area contributed by atoms with E-state index in [9.17, 15) is 4.79 Å². The molecule has 1 aliphatic rings. The monoisotopic (exact) mass is 352 g/mol. The summed E-state index contributed by atoms with van der Waals surface area (Å²) in [5.41, 5.74) is 5.00. The van der Waals surface area contributed by atoms with Crippen molar-refractivity contribution in [3.63, 3.8) is 0 Å². The van der Waals surface area contributed by atoms with Gasteiger partial charge in [-0.3, -0.25) is 4.79 Å². The molecule has 3 rings (SSSR count). The van der Waals surface area contributed by atoms with Gasteiger partial charge in [-0.25, -0.2) is 0 Å². The average molecular weight is 353 g/mol. The number of anilines is 1. The van der Waals surface area contributed by atoms with E-state index in [1.165, 1.54) is 27.3 Å². The minimum absolute atomic E-state index is 0.0480. The van der Waals surface area contributed by atoms with Gasteiger partial charge >= 0.3 is 0 Å². The van der Waals surface area contributed by atoms with Crippen LogP contribution in [-0.2, 0) is 4.79 Å². The first-order valence-electron chi connectivity index (χ1n) is 9.53. The molecule has 1 aliphatic heterocycles. The predicted octanol–water partition coefficient (Wildman–Crippen LogP) is 1.89. The van der Waals surface area contributed by atoms with Crippen LogP contribution in [0, 0.1) is 13.8 Å². The molecule has 0 radical (unpaired) electrons. The highest BCUT2D eigenvalue weighted by Gasteiger charge is 2.23. The largest absolute Gasteiger partial charge is 0.360 e.